The van der Waals surface area contributed by atoms with Crippen LogP contribution < -0.4 is 15.4 Å². The van der Waals surface area contributed by atoms with Crippen molar-refractivity contribution in [1.82, 2.24) is 4.98 Å². The first-order valence-electron chi connectivity index (χ1n) is 11.6. The van der Waals surface area contributed by atoms with Gasteiger partial charge in [-0.15, -0.1) is 6.07 Å². The Morgan fingerprint density at radius 2 is 1.32 bits per heavy atom. The molecule has 0 saturated heterocycles. The van der Waals surface area contributed by atoms with Crippen LogP contribution in [-0.4, -0.2) is 17.3 Å². The van der Waals surface area contributed by atoms with Crippen molar-refractivity contribution in [1.29, 1.82) is 0 Å². The van der Waals surface area contributed by atoms with Gasteiger partial charge in [0.15, 0.2) is 0 Å². The van der Waals surface area contributed by atoms with Gasteiger partial charge in [0, 0.05) is 56.6 Å². The molecule has 0 aliphatic rings. The molecule has 1 radical (unpaired) electrons. The van der Waals surface area contributed by atoms with Gasteiger partial charge in [-0.05, 0) is 106 Å². The molecular weight excluding hydrogens is 572 g/mol. The summed E-state index contributed by atoms with van der Waals surface area (Å²) < 4.78 is 47.3. The van der Waals surface area contributed by atoms with Crippen LogP contribution in [0.15, 0.2) is 18.3 Å². The van der Waals surface area contributed by atoms with Crippen molar-refractivity contribution in [3.8, 4) is 11.5 Å². The van der Waals surface area contributed by atoms with Gasteiger partial charge in [-0.25, -0.2) is 4.79 Å². The Labute approximate surface area is 245 Å². The van der Waals surface area contributed by atoms with Crippen LogP contribution in [0, 0.1) is 55.4 Å². The number of anilines is 2. The standard InChI is InChI=1S/C28H29F3N3O3.Y/c1-13-14(2)23(28(29,30)31)20(8)25(15(13)3)34-27(36)33-24-16(4)18(6)26(19(7)17(24)5)37-22-9-10-32-21(11-22)12-35;/h9-11H,1-8H3,(H2,33,34,36);/q-1;. The van der Waals surface area contributed by atoms with E-state index in [9.17, 15) is 22.8 Å². The van der Waals surface area contributed by atoms with E-state index in [1.807, 2.05) is 27.7 Å². The van der Waals surface area contributed by atoms with Crippen LogP contribution in [0.5, 0.6) is 11.5 Å². The number of hydrogen-bond acceptors (Lipinski definition) is 4. The Bertz CT molecular complexity index is 1390. The van der Waals surface area contributed by atoms with Crippen molar-refractivity contribution >= 4 is 23.7 Å². The molecule has 6 nitrogen and oxygen atoms in total. The zero-order valence-electron chi connectivity index (χ0n) is 22.6. The molecule has 0 spiro atoms. The molecule has 2 N–H and O–H groups in total. The van der Waals surface area contributed by atoms with Crippen LogP contribution in [-0.2, 0) is 43.7 Å². The maximum absolute atomic E-state index is 13.8. The van der Waals surface area contributed by atoms with Gasteiger partial charge in [0.05, 0.1) is 11.3 Å². The second kappa shape index (κ2) is 12.0. The van der Waals surface area contributed by atoms with Crippen molar-refractivity contribution in [3.05, 3.63) is 74.1 Å². The number of alkyl halides is 3. The van der Waals surface area contributed by atoms with Gasteiger partial charge in [-0.2, -0.15) is 13.2 Å². The average Bonchev–Trinajstić information content (AvgIpc) is 2.84. The summed E-state index contributed by atoms with van der Waals surface area (Å²) in [5, 5.41) is 5.46. The first kappa shape index (κ1) is 31.4. The van der Waals surface area contributed by atoms with Gasteiger partial charge in [-0.3, -0.25) is 4.98 Å². The number of pyridine rings is 1. The molecule has 0 atom stereocenters. The van der Waals surface area contributed by atoms with Crippen molar-refractivity contribution in [2.45, 2.75) is 61.6 Å². The predicted molar refractivity (Wildman–Crippen MR) is 138 cm³/mol. The second-order valence-electron chi connectivity index (χ2n) is 9.11. The number of amides is 2. The minimum absolute atomic E-state index is 0. The molecular formula is C28H29F3N3O3Y-. The number of aromatic nitrogens is 1. The molecule has 3 rings (SSSR count). The summed E-state index contributed by atoms with van der Waals surface area (Å²) in [6.07, 6.45) is -1.38. The van der Waals surface area contributed by atoms with E-state index >= 15 is 0 Å². The molecule has 0 aliphatic heterocycles. The van der Waals surface area contributed by atoms with E-state index in [4.69, 9.17) is 4.74 Å². The van der Waals surface area contributed by atoms with Crippen LogP contribution in [0.2, 0.25) is 0 Å². The Balaban J connectivity index is 0.00000507. The van der Waals surface area contributed by atoms with E-state index < -0.39 is 17.8 Å². The Morgan fingerprint density at radius 3 is 1.82 bits per heavy atom. The Hall–Kier alpha value is -2.78. The van der Waals surface area contributed by atoms with Crippen LogP contribution in [0.3, 0.4) is 0 Å². The molecule has 199 valence electrons. The van der Waals surface area contributed by atoms with Gasteiger partial charge in [0.25, 0.3) is 0 Å². The molecule has 1 heterocycles. The number of nitrogens with zero attached hydrogens (tertiary/aromatic N) is 1. The number of ether oxygens (including phenoxy) is 1. The Morgan fingerprint density at radius 1 is 0.816 bits per heavy atom. The third-order valence-electron chi connectivity index (χ3n) is 7.00. The smallest absolute Gasteiger partial charge is 0.417 e. The van der Waals surface area contributed by atoms with Gasteiger partial charge in [0.2, 0.25) is 0 Å². The van der Waals surface area contributed by atoms with Crippen LogP contribution in [0.25, 0.3) is 0 Å². The molecule has 2 amide bonds. The molecule has 10 heteroatoms. The minimum atomic E-state index is -4.55. The van der Waals surface area contributed by atoms with Crippen LogP contribution >= 0.6 is 0 Å². The topological polar surface area (TPSA) is 80.3 Å². The van der Waals surface area contributed by atoms with E-state index in [0.717, 1.165) is 22.3 Å². The molecule has 0 aliphatic carbocycles. The van der Waals surface area contributed by atoms with Gasteiger partial charge in [-0.1, -0.05) is 5.69 Å². The molecule has 1 aromatic heterocycles. The summed E-state index contributed by atoms with van der Waals surface area (Å²) in [6.45, 7) is 13.4. The molecule has 38 heavy (non-hydrogen) atoms. The van der Waals surface area contributed by atoms with Crippen LogP contribution in [0.1, 0.15) is 55.8 Å². The first-order chi connectivity index (χ1) is 17.2. The summed E-state index contributed by atoms with van der Waals surface area (Å²) in [5.74, 6) is 0.984. The summed E-state index contributed by atoms with van der Waals surface area (Å²) in [6, 6.07) is 2.44. The molecule has 0 bridgehead atoms. The quantitative estimate of drug-likeness (QED) is 0.298. The fraction of sp³-hybridized carbons (Fsp3) is 0.321. The number of hydrogen-bond donors (Lipinski definition) is 2. The van der Waals surface area contributed by atoms with Crippen LogP contribution in [0.4, 0.5) is 29.3 Å². The normalized spacial score (nSPS) is 11.0. The van der Waals surface area contributed by atoms with Gasteiger partial charge >= 0.3 is 12.2 Å². The van der Waals surface area contributed by atoms with E-state index in [-0.39, 0.29) is 55.2 Å². The third-order valence-corrected chi connectivity index (χ3v) is 7.00. The molecule has 0 unspecified atom stereocenters. The Kier molecular flexibility index (Phi) is 9.89. The van der Waals surface area contributed by atoms with Crippen molar-refractivity contribution in [3.63, 3.8) is 0 Å². The fourth-order valence-electron chi connectivity index (χ4n) is 4.48. The monoisotopic (exact) mass is 601 g/mol. The number of carbonyl (C=O) groups excluding carboxylic acids is 2. The maximum Gasteiger partial charge on any atom is 0.417 e. The number of rotatable bonds is 5. The fourth-order valence-corrected chi connectivity index (χ4v) is 4.48. The molecule has 0 saturated carbocycles. The van der Waals surface area contributed by atoms with E-state index in [1.165, 1.54) is 26.1 Å². The minimum Gasteiger partial charge on any atom is -0.476 e. The zero-order valence-corrected chi connectivity index (χ0v) is 25.5. The summed E-state index contributed by atoms with van der Waals surface area (Å²) >= 11 is 0. The zero-order chi connectivity index (χ0) is 27.8. The van der Waals surface area contributed by atoms with Gasteiger partial charge in [0.1, 0.15) is 5.75 Å². The summed E-state index contributed by atoms with van der Waals surface area (Å²) in [4.78, 5) is 27.9. The van der Waals surface area contributed by atoms with Crippen molar-refractivity contribution in [2.24, 2.45) is 0 Å². The average molecular weight is 601 g/mol. The second-order valence-corrected chi connectivity index (χ2v) is 9.11. The number of nitrogens with one attached hydrogen (secondary N) is 2. The number of carbonyl (C=O) groups is 1. The van der Waals surface area contributed by atoms with E-state index in [0.29, 0.717) is 28.3 Å². The molecule has 0 fully saturated rings. The van der Waals surface area contributed by atoms with E-state index in [2.05, 4.69) is 15.6 Å². The molecule has 2 aromatic carbocycles. The maximum atomic E-state index is 13.8. The molecule has 3 aromatic rings. The van der Waals surface area contributed by atoms with Crippen molar-refractivity contribution < 1.29 is 60.2 Å². The largest absolute Gasteiger partial charge is 0.476 e. The summed E-state index contributed by atoms with van der Waals surface area (Å²) in [5.41, 5.74) is 4.18. The number of urea groups is 1. The van der Waals surface area contributed by atoms with Gasteiger partial charge < -0.3 is 20.2 Å². The third kappa shape index (κ3) is 6.10. The van der Waals surface area contributed by atoms with E-state index in [1.54, 1.807) is 26.2 Å². The van der Waals surface area contributed by atoms with Crippen molar-refractivity contribution in [2.75, 3.05) is 10.6 Å². The number of halogens is 3. The number of benzene rings is 2. The predicted octanol–water partition coefficient (Wildman–Crippen LogP) is 7.46. The SMILES string of the molecule is Cc1c(C)c(NC(=O)Nc2c(C)c(C)c(Oc3ccnc([C-]=O)c3)c(C)c2C)c(C)c(C(F)(F)F)c1C.[Y]. The summed E-state index contributed by atoms with van der Waals surface area (Å²) in [7, 11) is 0. The first-order valence-corrected chi connectivity index (χ1v) is 11.6.